The Morgan fingerprint density at radius 3 is 1.91 bits per heavy atom. The summed E-state index contributed by atoms with van der Waals surface area (Å²) in [5, 5.41) is 27.8. The Bertz CT molecular complexity index is 317. The fourth-order valence-corrected chi connectivity index (χ4v) is 1.72. The molecule has 23 heavy (non-hydrogen) atoms. The summed E-state index contributed by atoms with van der Waals surface area (Å²) in [6, 6.07) is 0. The van der Waals surface area contributed by atoms with Gasteiger partial charge in [0.05, 0.1) is 26.3 Å². The number of amides is 1. The number of nitrogens with one attached hydrogen (secondary N) is 2. The molecule has 0 fully saturated rings. The second kappa shape index (κ2) is 16.9. The van der Waals surface area contributed by atoms with E-state index in [-0.39, 0.29) is 80.8 Å². The molecule has 0 spiro atoms. The molecular formula is C11H23N4O7Pr-. The molecule has 0 saturated carbocycles. The summed E-state index contributed by atoms with van der Waals surface area (Å²) in [6.45, 7) is 0.724. The predicted molar refractivity (Wildman–Crippen MR) is 75.0 cm³/mol. The number of hydrogen-bond acceptors (Lipinski definition) is 8. The number of carbonyl (C=O) groups is 2. The summed E-state index contributed by atoms with van der Waals surface area (Å²) in [4.78, 5) is 33.4. The number of nitrogens with zero attached hydrogens (tertiary/aromatic N) is 2. The normalized spacial score (nSPS) is 10.7. The zero-order valence-corrected chi connectivity index (χ0v) is 16.5. The number of rotatable bonds is 14. The van der Waals surface area contributed by atoms with E-state index in [0.29, 0.717) is 19.6 Å². The molecule has 1 amide bonds. The van der Waals surface area contributed by atoms with Crippen LogP contribution in [0.25, 0.3) is 5.73 Å². The van der Waals surface area contributed by atoms with E-state index in [1.807, 2.05) is 0 Å². The van der Waals surface area contributed by atoms with Crippen LogP contribution >= 0.6 is 0 Å². The summed E-state index contributed by atoms with van der Waals surface area (Å²) in [5.74, 6) is -1.50. The monoisotopic (exact) mass is 464 g/mol. The van der Waals surface area contributed by atoms with Gasteiger partial charge in [0.25, 0.3) is 0 Å². The first-order chi connectivity index (χ1) is 10.5. The minimum atomic E-state index is -1.07. The molecule has 11 nitrogen and oxygen atoms in total. The van der Waals surface area contributed by atoms with Crippen LogP contribution in [0, 0.1) is 41.3 Å². The van der Waals surface area contributed by atoms with Crippen LogP contribution in [0.4, 0.5) is 0 Å². The van der Waals surface area contributed by atoms with Crippen molar-refractivity contribution in [2.75, 3.05) is 59.2 Å². The van der Waals surface area contributed by atoms with Crippen LogP contribution in [0.2, 0.25) is 0 Å². The van der Waals surface area contributed by atoms with E-state index in [2.05, 4.69) is 15.1 Å². The number of hydrogen-bond donors (Lipinski definition) is 4. The van der Waals surface area contributed by atoms with Crippen molar-refractivity contribution in [2.45, 2.75) is 0 Å². The van der Waals surface area contributed by atoms with Gasteiger partial charge < -0.3 is 16.2 Å². The fourth-order valence-electron chi connectivity index (χ4n) is 1.72. The molecule has 0 atom stereocenters. The third-order valence-electron chi connectivity index (χ3n) is 2.74. The molecule has 0 aromatic rings. The second-order valence-electron chi connectivity index (χ2n) is 4.39. The van der Waals surface area contributed by atoms with Gasteiger partial charge in [0.1, 0.15) is 0 Å². The average Bonchev–Trinajstić information content (AvgIpc) is 2.45. The third kappa shape index (κ3) is 15.3. The van der Waals surface area contributed by atoms with Gasteiger partial charge in [0, 0.05) is 67.5 Å². The topological polar surface area (TPSA) is 156 Å². The Labute approximate surface area is 167 Å². The molecule has 0 aromatic heterocycles. The zero-order chi connectivity index (χ0) is 16.8. The zero-order valence-electron chi connectivity index (χ0n) is 12.8. The van der Waals surface area contributed by atoms with Gasteiger partial charge in [-0.2, -0.15) is 0 Å². The summed E-state index contributed by atoms with van der Waals surface area (Å²) in [6.07, 6.45) is 0. The summed E-state index contributed by atoms with van der Waals surface area (Å²) >= 11 is 0. The Balaban J connectivity index is 0. The van der Waals surface area contributed by atoms with Crippen LogP contribution < -0.4 is 5.32 Å². The van der Waals surface area contributed by atoms with Crippen molar-refractivity contribution in [2.24, 2.45) is 0 Å². The molecule has 0 heterocycles. The third-order valence-corrected chi connectivity index (χ3v) is 2.74. The summed E-state index contributed by atoms with van der Waals surface area (Å²) in [5.41, 5.74) is 6.89. The van der Waals surface area contributed by atoms with Crippen LogP contribution in [0.3, 0.4) is 0 Å². The molecule has 0 bridgehead atoms. The van der Waals surface area contributed by atoms with Crippen LogP contribution in [0.15, 0.2) is 0 Å². The van der Waals surface area contributed by atoms with Gasteiger partial charge in [-0.3, -0.25) is 29.9 Å². The first kappa shape index (κ1) is 25.3. The molecule has 0 unspecified atom stereocenters. The number of carboxylic acids is 1. The minimum Gasteiger partial charge on any atom is -0.660 e. The van der Waals surface area contributed by atoms with Crippen molar-refractivity contribution >= 4 is 11.9 Å². The molecule has 0 aliphatic carbocycles. The van der Waals surface area contributed by atoms with Crippen molar-refractivity contribution in [3.8, 4) is 0 Å². The maximum Gasteiger partial charge on any atom is 0.317 e. The predicted octanol–water partition coefficient (Wildman–Crippen LogP) is -1.22. The van der Waals surface area contributed by atoms with Crippen molar-refractivity contribution in [3.05, 3.63) is 5.73 Å². The van der Waals surface area contributed by atoms with Gasteiger partial charge in [0.15, 0.2) is 0 Å². The van der Waals surface area contributed by atoms with E-state index < -0.39 is 11.9 Å². The summed E-state index contributed by atoms with van der Waals surface area (Å²) < 4.78 is 0. The average molecular weight is 464 g/mol. The molecule has 0 aromatic carbocycles. The summed E-state index contributed by atoms with van der Waals surface area (Å²) in [7, 11) is 0. The van der Waals surface area contributed by atoms with Gasteiger partial charge in [0.2, 0.25) is 5.91 Å². The standard InChI is InChI=1S/C11H23N4O7.Pr/c12-9-13-10(16)7-15(8-11(17)18)2-1-14(3-5-21-19)4-6-22-20;/h12,19-20H,1-9H2,(H,13,16)(H,17,18);/q-1;. The molecule has 0 aliphatic rings. The molecular weight excluding hydrogens is 441 g/mol. The van der Waals surface area contributed by atoms with Crippen LogP contribution in [-0.4, -0.2) is 96.4 Å². The van der Waals surface area contributed by atoms with Gasteiger partial charge in [-0.1, -0.05) is 6.67 Å². The maximum atomic E-state index is 11.4. The van der Waals surface area contributed by atoms with Crippen LogP contribution in [-0.2, 0) is 19.4 Å². The molecule has 1 radical (unpaired) electrons. The Morgan fingerprint density at radius 1 is 0.957 bits per heavy atom. The van der Waals surface area contributed by atoms with Gasteiger partial charge in [-0.25, -0.2) is 9.78 Å². The van der Waals surface area contributed by atoms with Gasteiger partial charge >= 0.3 is 5.97 Å². The van der Waals surface area contributed by atoms with E-state index in [1.54, 1.807) is 4.90 Å². The molecule has 0 rings (SSSR count). The van der Waals surface area contributed by atoms with E-state index in [1.165, 1.54) is 4.90 Å². The minimum absolute atomic E-state index is 0. The smallest absolute Gasteiger partial charge is 0.317 e. The van der Waals surface area contributed by atoms with Crippen molar-refractivity contribution in [1.29, 1.82) is 0 Å². The van der Waals surface area contributed by atoms with Crippen molar-refractivity contribution in [3.63, 3.8) is 0 Å². The number of carbonyl (C=O) groups excluding carboxylic acids is 1. The number of carboxylic acid groups (broad SMARTS) is 1. The fraction of sp³-hybridized carbons (Fsp3) is 0.818. The quantitative estimate of drug-likeness (QED) is 0.183. The molecule has 5 N–H and O–H groups in total. The SMILES string of the molecule is [NH-]CNC(=O)CN(CCN(CCOO)CCOO)CC(=O)O.[Pr]. The Kier molecular flexibility index (Phi) is 18.5. The molecule has 0 aliphatic heterocycles. The Hall–Kier alpha value is 0.0236. The van der Waals surface area contributed by atoms with E-state index >= 15 is 0 Å². The maximum absolute atomic E-state index is 11.4. The largest absolute Gasteiger partial charge is 0.660 e. The van der Waals surface area contributed by atoms with Crippen molar-refractivity contribution < 1.29 is 76.3 Å². The number of aliphatic carboxylic acids is 1. The van der Waals surface area contributed by atoms with E-state index in [4.69, 9.17) is 21.4 Å². The van der Waals surface area contributed by atoms with E-state index in [0.717, 1.165) is 0 Å². The molecule has 133 valence electrons. The Morgan fingerprint density at radius 2 is 1.48 bits per heavy atom. The first-order valence-electron chi connectivity index (χ1n) is 6.64. The van der Waals surface area contributed by atoms with Crippen LogP contribution in [0.1, 0.15) is 0 Å². The van der Waals surface area contributed by atoms with Crippen LogP contribution in [0.5, 0.6) is 0 Å². The second-order valence-corrected chi connectivity index (χ2v) is 4.39. The molecule has 12 heteroatoms. The van der Waals surface area contributed by atoms with Gasteiger partial charge in [-0.05, 0) is 0 Å². The van der Waals surface area contributed by atoms with E-state index in [9.17, 15) is 9.59 Å². The van der Waals surface area contributed by atoms with Crippen molar-refractivity contribution in [1.82, 2.24) is 15.1 Å². The van der Waals surface area contributed by atoms with Gasteiger partial charge in [-0.15, -0.1) is 0 Å². The first-order valence-corrected chi connectivity index (χ1v) is 6.64. The molecule has 0 saturated heterocycles.